The molecule has 0 bridgehead atoms. The van der Waals surface area contributed by atoms with Gasteiger partial charge in [-0.1, -0.05) is 0 Å². The van der Waals surface area contributed by atoms with Gasteiger partial charge in [0.25, 0.3) is 0 Å². The van der Waals surface area contributed by atoms with E-state index in [4.69, 9.17) is 4.74 Å². The predicted octanol–water partition coefficient (Wildman–Crippen LogP) is 2.51. The number of carbonyl (C=O) groups excluding carboxylic acids is 1. The van der Waals surface area contributed by atoms with Gasteiger partial charge in [0.05, 0.1) is 13.0 Å². The van der Waals surface area contributed by atoms with E-state index in [1.54, 1.807) is 6.92 Å². The van der Waals surface area contributed by atoms with Crippen LogP contribution in [0.15, 0.2) is 12.1 Å². The fourth-order valence-corrected chi connectivity index (χ4v) is 2.34. The fourth-order valence-electron chi connectivity index (χ4n) is 2.34. The molecule has 3 nitrogen and oxygen atoms in total. The first-order valence-corrected chi connectivity index (χ1v) is 5.78. The largest absolute Gasteiger partial charge is 0.505 e. The number of esters is 1. The van der Waals surface area contributed by atoms with Crippen molar-refractivity contribution >= 4 is 5.97 Å². The average Bonchev–Trinajstić information content (AvgIpc) is 2.63. The lowest BCUT2D eigenvalue weighted by Crippen LogP contribution is -2.08. The Morgan fingerprint density at radius 2 is 2.35 bits per heavy atom. The lowest BCUT2D eigenvalue weighted by Gasteiger charge is -2.11. The number of carbonyl (C=O) groups is 1. The van der Waals surface area contributed by atoms with E-state index in [1.165, 1.54) is 12.1 Å². The third-order valence-electron chi connectivity index (χ3n) is 3.13. The van der Waals surface area contributed by atoms with Crippen LogP contribution in [-0.4, -0.2) is 17.7 Å². The SMILES string of the molecule is CCOC(=O)CC1CCc2cc(O)c(F)cc21. The topological polar surface area (TPSA) is 46.5 Å². The van der Waals surface area contributed by atoms with Gasteiger partial charge in [-0.05, 0) is 48.9 Å². The number of hydrogen-bond donors (Lipinski definition) is 1. The zero-order chi connectivity index (χ0) is 12.4. The number of benzene rings is 1. The van der Waals surface area contributed by atoms with Gasteiger partial charge in [0.2, 0.25) is 0 Å². The molecule has 92 valence electrons. The number of phenols is 1. The molecule has 0 radical (unpaired) electrons. The minimum atomic E-state index is -0.625. The van der Waals surface area contributed by atoms with Gasteiger partial charge in [0.1, 0.15) is 0 Å². The van der Waals surface area contributed by atoms with Gasteiger partial charge in [-0.15, -0.1) is 0 Å². The van der Waals surface area contributed by atoms with E-state index in [9.17, 15) is 14.3 Å². The van der Waals surface area contributed by atoms with Crippen molar-refractivity contribution in [3.05, 3.63) is 29.1 Å². The first kappa shape index (κ1) is 11.9. The van der Waals surface area contributed by atoms with Crippen LogP contribution in [0.1, 0.15) is 36.8 Å². The Balaban J connectivity index is 2.16. The number of aromatic hydroxyl groups is 1. The van der Waals surface area contributed by atoms with E-state index in [-0.39, 0.29) is 24.1 Å². The number of aryl methyl sites for hydroxylation is 1. The highest BCUT2D eigenvalue weighted by molar-refractivity contribution is 5.71. The molecular formula is C13H15FO3. The molecule has 1 unspecified atom stereocenters. The molecule has 0 aromatic heterocycles. The van der Waals surface area contributed by atoms with Crippen molar-refractivity contribution in [2.24, 2.45) is 0 Å². The van der Waals surface area contributed by atoms with Gasteiger partial charge >= 0.3 is 5.97 Å². The van der Waals surface area contributed by atoms with E-state index < -0.39 is 5.82 Å². The van der Waals surface area contributed by atoms with Crippen molar-refractivity contribution in [1.82, 2.24) is 0 Å². The summed E-state index contributed by atoms with van der Waals surface area (Å²) in [5.74, 6) is -1.18. The van der Waals surface area contributed by atoms with Gasteiger partial charge in [0.15, 0.2) is 11.6 Å². The number of hydrogen-bond acceptors (Lipinski definition) is 3. The maximum absolute atomic E-state index is 13.3. The van der Waals surface area contributed by atoms with E-state index in [0.29, 0.717) is 6.61 Å². The van der Waals surface area contributed by atoms with Gasteiger partial charge in [-0.2, -0.15) is 0 Å². The second kappa shape index (κ2) is 4.73. The maximum Gasteiger partial charge on any atom is 0.306 e. The molecule has 0 saturated carbocycles. The molecule has 1 aliphatic rings. The monoisotopic (exact) mass is 238 g/mol. The van der Waals surface area contributed by atoms with Crippen LogP contribution in [0.4, 0.5) is 4.39 Å². The highest BCUT2D eigenvalue weighted by atomic mass is 19.1. The molecule has 0 aliphatic heterocycles. The van der Waals surface area contributed by atoms with E-state index in [0.717, 1.165) is 24.0 Å². The molecule has 1 atom stereocenters. The highest BCUT2D eigenvalue weighted by Gasteiger charge is 2.26. The van der Waals surface area contributed by atoms with Gasteiger partial charge in [0, 0.05) is 0 Å². The number of halogens is 1. The van der Waals surface area contributed by atoms with Crippen LogP contribution in [0.3, 0.4) is 0 Å². The first-order chi connectivity index (χ1) is 8.11. The number of phenolic OH excluding ortho intramolecular Hbond substituents is 1. The quantitative estimate of drug-likeness (QED) is 0.823. The summed E-state index contributed by atoms with van der Waals surface area (Å²) >= 11 is 0. The zero-order valence-electron chi connectivity index (χ0n) is 9.70. The Morgan fingerprint density at radius 1 is 1.59 bits per heavy atom. The third-order valence-corrected chi connectivity index (χ3v) is 3.13. The van der Waals surface area contributed by atoms with Crippen LogP contribution in [0.5, 0.6) is 5.75 Å². The Morgan fingerprint density at radius 3 is 3.06 bits per heavy atom. The summed E-state index contributed by atoms with van der Waals surface area (Å²) in [5, 5.41) is 9.27. The second-order valence-electron chi connectivity index (χ2n) is 4.25. The number of ether oxygens (including phenoxy) is 1. The van der Waals surface area contributed by atoms with Gasteiger partial charge in [-0.3, -0.25) is 4.79 Å². The minimum absolute atomic E-state index is 0.0131. The summed E-state index contributed by atoms with van der Waals surface area (Å²) in [7, 11) is 0. The van der Waals surface area contributed by atoms with Crippen molar-refractivity contribution in [2.75, 3.05) is 6.61 Å². The molecule has 1 aromatic rings. The second-order valence-corrected chi connectivity index (χ2v) is 4.25. The molecule has 2 rings (SSSR count). The average molecular weight is 238 g/mol. The Hall–Kier alpha value is -1.58. The Labute approximate surface area is 99.2 Å². The van der Waals surface area contributed by atoms with Crippen molar-refractivity contribution in [3.8, 4) is 5.75 Å². The normalized spacial score (nSPS) is 17.9. The van der Waals surface area contributed by atoms with Crippen molar-refractivity contribution < 1.29 is 19.0 Å². The summed E-state index contributed by atoms with van der Waals surface area (Å²) in [6.45, 7) is 2.13. The molecule has 4 heteroatoms. The standard InChI is InChI=1S/C13H15FO3/c1-2-17-13(16)6-9-4-3-8-5-12(15)11(14)7-10(8)9/h5,7,9,15H,2-4,6H2,1H3. The molecule has 1 aromatic carbocycles. The summed E-state index contributed by atoms with van der Waals surface area (Å²) in [6.07, 6.45) is 1.86. The third kappa shape index (κ3) is 2.40. The molecule has 1 aliphatic carbocycles. The minimum Gasteiger partial charge on any atom is -0.505 e. The molecule has 0 amide bonds. The van der Waals surface area contributed by atoms with E-state index >= 15 is 0 Å². The van der Waals surface area contributed by atoms with Crippen LogP contribution in [0.2, 0.25) is 0 Å². The number of fused-ring (bicyclic) bond motifs is 1. The van der Waals surface area contributed by atoms with Gasteiger partial charge in [-0.25, -0.2) is 4.39 Å². The number of rotatable bonds is 3. The lowest BCUT2D eigenvalue weighted by molar-refractivity contribution is -0.143. The molecule has 0 spiro atoms. The molecule has 0 heterocycles. The van der Waals surface area contributed by atoms with E-state index in [2.05, 4.69) is 0 Å². The smallest absolute Gasteiger partial charge is 0.306 e. The molecule has 17 heavy (non-hydrogen) atoms. The van der Waals surface area contributed by atoms with Crippen molar-refractivity contribution in [1.29, 1.82) is 0 Å². The summed E-state index contributed by atoms with van der Waals surface area (Å²) in [4.78, 5) is 11.4. The molecule has 0 saturated heterocycles. The molecule has 0 fully saturated rings. The summed E-state index contributed by atoms with van der Waals surface area (Å²) < 4.78 is 18.2. The Bertz CT molecular complexity index is 443. The van der Waals surface area contributed by atoms with Gasteiger partial charge < -0.3 is 9.84 Å². The van der Waals surface area contributed by atoms with Crippen molar-refractivity contribution in [3.63, 3.8) is 0 Å². The molecule has 1 N–H and O–H groups in total. The first-order valence-electron chi connectivity index (χ1n) is 5.78. The highest BCUT2D eigenvalue weighted by Crippen LogP contribution is 2.38. The van der Waals surface area contributed by atoms with E-state index in [1.807, 2.05) is 0 Å². The zero-order valence-corrected chi connectivity index (χ0v) is 9.70. The Kier molecular flexibility index (Phi) is 3.31. The van der Waals surface area contributed by atoms with Crippen LogP contribution >= 0.6 is 0 Å². The fraction of sp³-hybridized carbons (Fsp3) is 0.462. The summed E-state index contributed by atoms with van der Waals surface area (Å²) in [5.41, 5.74) is 1.76. The predicted molar refractivity (Wildman–Crippen MR) is 60.4 cm³/mol. The van der Waals surface area contributed by atoms with Crippen LogP contribution in [0.25, 0.3) is 0 Å². The van der Waals surface area contributed by atoms with Crippen LogP contribution in [0, 0.1) is 5.82 Å². The maximum atomic E-state index is 13.3. The lowest BCUT2D eigenvalue weighted by atomic mass is 9.97. The van der Waals surface area contributed by atoms with Crippen LogP contribution < -0.4 is 0 Å². The molecular weight excluding hydrogens is 223 g/mol. The van der Waals surface area contributed by atoms with Crippen molar-refractivity contribution in [2.45, 2.75) is 32.1 Å². The van der Waals surface area contributed by atoms with Crippen LogP contribution in [-0.2, 0) is 16.0 Å². The summed E-state index contributed by atoms with van der Waals surface area (Å²) in [6, 6.07) is 2.79.